The Labute approximate surface area is 91.5 Å². The van der Waals surface area contributed by atoms with E-state index in [-0.39, 0.29) is 0 Å². The highest BCUT2D eigenvalue weighted by Crippen LogP contribution is 2.12. The first-order valence-corrected chi connectivity index (χ1v) is 5.81. The maximum Gasteiger partial charge on any atom is 0.321 e. The normalized spacial score (nSPS) is 10.9. The van der Waals surface area contributed by atoms with Crippen LogP contribution < -0.4 is 5.32 Å². The van der Waals surface area contributed by atoms with E-state index in [0.717, 1.165) is 18.8 Å². The maximum absolute atomic E-state index is 5.06. The second-order valence-corrected chi connectivity index (χ2v) is 4.10. The van der Waals surface area contributed by atoms with Crippen LogP contribution in [0.4, 0.5) is 6.01 Å². The number of aromatic nitrogens is 2. The molecule has 0 aliphatic carbocycles. The number of nitrogens with one attached hydrogen (secondary N) is 1. The lowest BCUT2D eigenvalue weighted by Crippen LogP contribution is -2.01. The van der Waals surface area contributed by atoms with Gasteiger partial charge in [-0.05, 0) is 6.42 Å². The molecule has 0 spiro atoms. The minimum absolute atomic E-state index is 0.324. The minimum atomic E-state index is 0.324. The fraction of sp³-hybridized carbons (Fsp3) is 0.818. The van der Waals surface area contributed by atoms with Crippen molar-refractivity contribution in [3.63, 3.8) is 0 Å². The zero-order chi connectivity index (χ0) is 11.1. The molecule has 1 rings (SSSR count). The van der Waals surface area contributed by atoms with Crippen LogP contribution >= 0.6 is 0 Å². The van der Waals surface area contributed by atoms with Crippen LogP contribution in [0.1, 0.15) is 58.2 Å². The van der Waals surface area contributed by atoms with E-state index in [0.29, 0.717) is 11.9 Å². The summed E-state index contributed by atoms with van der Waals surface area (Å²) in [5.74, 6) is 1.09. The number of unbranched alkanes of at least 4 members (excludes halogenated alkanes) is 3. The van der Waals surface area contributed by atoms with E-state index >= 15 is 0 Å². The summed E-state index contributed by atoms with van der Waals surface area (Å²) in [6.07, 6.45) is 4.97. The van der Waals surface area contributed by atoms with Crippen molar-refractivity contribution in [1.29, 1.82) is 0 Å². The molecule has 0 unspecified atom stereocenters. The Balaban J connectivity index is 2.20. The molecule has 0 bridgehead atoms. The van der Waals surface area contributed by atoms with Gasteiger partial charge in [-0.25, -0.2) is 0 Å². The number of anilines is 1. The fourth-order valence-electron chi connectivity index (χ4n) is 1.29. The molecule has 4 nitrogen and oxygen atoms in total. The van der Waals surface area contributed by atoms with E-state index in [1.807, 2.05) is 0 Å². The molecule has 0 aromatic carbocycles. The van der Waals surface area contributed by atoms with Crippen LogP contribution in [-0.4, -0.2) is 16.7 Å². The Morgan fingerprint density at radius 3 is 2.67 bits per heavy atom. The summed E-state index contributed by atoms with van der Waals surface area (Å²) in [5.41, 5.74) is 0. The first-order valence-electron chi connectivity index (χ1n) is 5.81. The van der Waals surface area contributed by atoms with E-state index in [2.05, 4.69) is 36.2 Å². The topological polar surface area (TPSA) is 51.0 Å². The Morgan fingerprint density at radius 1 is 1.27 bits per heavy atom. The zero-order valence-electron chi connectivity index (χ0n) is 9.92. The fourth-order valence-corrected chi connectivity index (χ4v) is 1.29. The average Bonchev–Trinajstić information content (AvgIpc) is 2.66. The van der Waals surface area contributed by atoms with Gasteiger partial charge in [0.15, 0.2) is 5.82 Å². The van der Waals surface area contributed by atoms with Crippen molar-refractivity contribution in [2.24, 2.45) is 0 Å². The molecule has 86 valence electrons. The molecule has 0 amide bonds. The lowest BCUT2D eigenvalue weighted by Gasteiger charge is -1.99. The van der Waals surface area contributed by atoms with Crippen molar-refractivity contribution in [1.82, 2.24) is 10.1 Å². The van der Waals surface area contributed by atoms with Gasteiger partial charge >= 0.3 is 6.01 Å². The predicted molar refractivity (Wildman–Crippen MR) is 61.0 cm³/mol. The van der Waals surface area contributed by atoms with Crippen LogP contribution in [0.15, 0.2) is 4.52 Å². The Morgan fingerprint density at radius 2 is 2.07 bits per heavy atom. The van der Waals surface area contributed by atoms with Gasteiger partial charge in [-0.3, -0.25) is 0 Å². The average molecular weight is 211 g/mol. The standard InChI is InChI=1S/C11H21N3O/c1-4-5-6-7-8-12-11-13-10(9(2)3)14-15-11/h9H,4-8H2,1-3H3,(H,12,13,14). The molecule has 0 radical (unpaired) electrons. The number of nitrogens with zero attached hydrogens (tertiary/aromatic N) is 2. The maximum atomic E-state index is 5.06. The molecule has 15 heavy (non-hydrogen) atoms. The summed E-state index contributed by atoms with van der Waals surface area (Å²) in [5, 5.41) is 7.02. The number of rotatable bonds is 7. The first kappa shape index (κ1) is 12.0. The summed E-state index contributed by atoms with van der Waals surface area (Å²) in [6, 6.07) is 0.551. The molecule has 4 heteroatoms. The van der Waals surface area contributed by atoms with Gasteiger partial charge in [0.25, 0.3) is 0 Å². The molecule has 1 aromatic heterocycles. The number of hydrogen-bond donors (Lipinski definition) is 1. The van der Waals surface area contributed by atoms with Crippen LogP contribution in [0.3, 0.4) is 0 Å². The largest absolute Gasteiger partial charge is 0.338 e. The zero-order valence-corrected chi connectivity index (χ0v) is 9.92. The Bertz CT molecular complexity index is 271. The minimum Gasteiger partial charge on any atom is -0.338 e. The van der Waals surface area contributed by atoms with Crippen molar-refractivity contribution >= 4 is 6.01 Å². The van der Waals surface area contributed by atoms with Gasteiger partial charge in [0.05, 0.1) is 0 Å². The number of hydrogen-bond acceptors (Lipinski definition) is 4. The SMILES string of the molecule is CCCCCCNc1nc(C(C)C)no1. The molecule has 0 atom stereocenters. The highest BCUT2D eigenvalue weighted by Gasteiger charge is 2.08. The predicted octanol–water partition coefficient (Wildman–Crippen LogP) is 3.19. The van der Waals surface area contributed by atoms with Crippen LogP contribution in [-0.2, 0) is 0 Å². The van der Waals surface area contributed by atoms with E-state index in [1.165, 1.54) is 19.3 Å². The van der Waals surface area contributed by atoms with Gasteiger partial charge < -0.3 is 9.84 Å². The second kappa shape index (κ2) is 6.43. The molecule has 0 saturated heterocycles. The van der Waals surface area contributed by atoms with Crippen molar-refractivity contribution in [2.75, 3.05) is 11.9 Å². The van der Waals surface area contributed by atoms with E-state index in [9.17, 15) is 0 Å². The summed E-state index contributed by atoms with van der Waals surface area (Å²) in [4.78, 5) is 4.24. The van der Waals surface area contributed by atoms with Crippen molar-refractivity contribution in [3.8, 4) is 0 Å². The monoisotopic (exact) mass is 211 g/mol. The molecule has 1 heterocycles. The van der Waals surface area contributed by atoms with Gasteiger partial charge in [0.1, 0.15) is 0 Å². The van der Waals surface area contributed by atoms with Crippen LogP contribution in [0.5, 0.6) is 0 Å². The molecule has 0 aliphatic heterocycles. The van der Waals surface area contributed by atoms with E-state index in [1.54, 1.807) is 0 Å². The lowest BCUT2D eigenvalue weighted by atomic mass is 10.2. The van der Waals surface area contributed by atoms with Crippen molar-refractivity contribution < 1.29 is 4.52 Å². The van der Waals surface area contributed by atoms with Crippen LogP contribution in [0.2, 0.25) is 0 Å². The smallest absolute Gasteiger partial charge is 0.321 e. The molecule has 1 N–H and O–H groups in total. The molecule has 0 fully saturated rings. The van der Waals surface area contributed by atoms with E-state index in [4.69, 9.17) is 4.52 Å². The summed E-state index contributed by atoms with van der Waals surface area (Å²) in [7, 11) is 0. The third kappa shape index (κ3) is 4.32. The first-order chi connectivity index (χ1) is 7.24. The van der Waals surface area contributed by atoms with Gasteiger partial charge in [-0.2, -0.15) is 4.98 Å². The molecule has 0 aliphatic rings. The van der Waals surface area contributed by atoms with E-state index < -0.39 is 0 Å². The van der Waals surface area contributed by atoms with Gasteiger partial charge in [-0.15, -0.1) is 0 Å². The Hall–Kier alpha value is -1.06. The molecular weight excluding hydrogens is 190 g/mol. The van der Waals surface area contributed by atoms with Crippen molar-refractivity contribution in [2.45, 2.75) is 52.4 Å². The summed E-state index contributed by atoms with van der Waals surface area (Å²) in [6.45, 7) is 7.23. The summed E-state index contributed by atoms with van der Waals surface area (Å²) >= 11 is 0. The quantitative estimate of drug-likeness (QED) is 0.704. The van der Waals surface area contributed by atoms with Gasteiger partial charge in [0.2, 0.25) is 0 Å². The third-order valence-corrected chi connectivity index (χ3v) is 2.26. The van der Waals surface area contributed by atoms with Gasteiger partial charge in [0, 0.05) is 12.5 Å². The highest BCUT2D eigenvalue weighted by atomic mass is 16.5. The Kier molecular flexibility index (Phi) is 5.15. The molecule has 0 saturated carbocycles. The van der Waals surface area contributed by atoms with Crippen LogP contribution in [0.25, 0.3) is 0 Å². The molecule has 1 aromatic rings. The second-order valence-electron chi connectivity index (χ2n) is 4.10. The van der Waals surface area contributed by atoms with Crippen molar-refractivity contribution in [3.05, 3.63) is 5.82 Å². The van der Waals surface area contributed by atoms with Gasteiger partial charge in [-0.1, -0.05) is 45.2 Å². The molecular formula is C11H21N3O. The third-order valence-electron chi connectivity index (χ3n) is 2.26. The lowest BCUT2D eigenvalue weighted by molar-refractivity contribution is 0.418. The highest BCUT2D eigenvalue weighted by molar-refractivity contribution is 5.18. The summed E-state index contributed by atoms with van der Waals surface area (Å²) < 4.78 is 5.06. The van der Waals surface area contributed by atoms with Crippen LogP contribution in [0, 0.1) is 0 Å².